The molecule has 1 aliphatic heterocycles. The second-order valence-corrected chi connectivity index (χ2v) is 6.43. The molecule has 0 bridgehead atoms. The number of anilines is 2. The van der Waals surface area contributed by atoms with Crippen LogP contribution in [0.15, 0.2) is 40.9 Å². The lowest BCUT2D eigenvalue weighted by Gasteiger charge is -2.32. The highest BCUT2D eigenvalue weighted by Gasteiger charge is 2.19. The molecule has 3 heteroatoms. The first-order valence-electron chi connectivity index (χ1n) is 6.90. The SMILES string of the molecule is Cc1ccc2c(c1)CCCN2c1ccc(CCl)cc1Br. The van der Waals surface area contributed by atoms with Crippen LogP contribution in [0.4, 0.5) is 11.4 Å². The Morgan fingerprint density at radius 1 is 1.15 bits per heavy atom. The van der Waals surface area contributed by atoms with E-state index in [9.17, 15) is 0 Å². The van der Waals surface area contributed by atoms with Crippen LogP contribution in [0, 0.1) is 6.92 Å². The summed E-state index contributed by atoms with van der Waals surface area (Å²) in [5.74, 6) is 0.550. The second kappa shape index (κ2) is 5.79. The zero-order valence-corrected chi connectivity index (χ0v) is 13.8. The van der Waals surface area contributed by atoms with Crippen molar-refractivity contribution in [1.29, 1.82) is 0 Å². The number of nitrogens with zero attached hydrogens (tertiary/aromatic N) is 1. The number of hydrogen-bond donors (Lipinski definition) is 0. The van der Waals surface area contributed by atoms with Crippen LogP contribution in [0.3, 0.4) is 0 Å². The summed E-state index contributed by atoms with van der Waals surface area (Å²) in [6, 6.07) is 13.1. The number of alkyl halides is 1. The first-order chi connectivity index (χ1) is 9.69. The molecule has 1 aliphatic rings. The van der Waals surface area contributed by atoms with Gasteiger partial charge in [-0.3, -0.25) is 0 Å². The molecular formula is C17H17BrClN. The molecule has 0 aliphatic carbocycles. The molecule has 0 saturated carbocycles. The predicted octanol–water partition coefficient (Wildman–Crippen LogP) is 5.58. The Hall–Kier alpha value is -0.990. The van der Waals surface area contributed by atoms with Crippen molar-refractivity contribution >= 4 is 38.9 Å². The number of benzene rings is 2. The molecule has 0 saturated heterocycles. The van der Waals surface area contributed by atoms with Gasteiger partial charge in [0, 0.05) is 22.6 Å². The molecule has 0 spiro atoms. The summed E-state index contributed by atoms with van der Waals surface area (Å²) < 4.78 is 1.11. The number of hydrogen-bond acceptors (Lipinski definition) is 1. The zero-order chi connectivity index (χ0) is 14.1. The van der Waals surface area contributed by atoms with Crippen molar-refractivity contribution in [3.05, 3.63) is 57.6 Å². The van der Waals surface area contributed by atoms with Crippen molar-refractivity contribution < 1.29 is 0 Å². The summed E-state index contributed by atoms with van der Waals surface area (Å²) >= 11 is 9.59. The van der Waals surface area contributed by atoms with Crippen molar-refractivity contribution in [1.82, 2.24) is 0 Å². The average molecular weight is 351 g/mol. The quantitative estimate of drug-likeness (QED) is 0.639. The minimum Gasteiger partial charge on any atom is -0.340 e. The second-order valence-electron chi connectivity index (χ2n) is 5.31. The molecule has 1 heterocycles. The fourth-order valence-electron chi connectivity index (χ4n) is 2.83. The van der Waals surface area contributed by atoms with Gasteiger partial charge >= 0.3 is 0 Å². The van der Waals surface area contributed by atoms with Gasteiger partial charge in [0.15, 0.2) is 0 Å². The van der Waals surface area contributed by atoms with E-state index >= 15 is 0 Å². The maximum atomic E-state index is 5.90. The molecule has 2 aromatic rings. The van der Waals surface area contributed by atoms with Gasteiger partial charge in [-0.2, -0.15) is 0 Å². The van der Waals surface area contributed by atoms with E-state index in [4.69, 9.17) is 11.6 Å². The highest BCUT2D eigenvalue weighted by molar-refractivity contribution is 9.10. The van der Waals surface area contributed by atoms with Crippen LogP contribution < -0.4 is 4.90 Å². The Morgan fingerprint density at radius 2 is 1.95 bits per heavy atom. The van der Waals surface area contributed by atoms with E-state index in [1.807, 2.05) is 0 Å². The van der Waals surface area contributed by atoms with E-state index in [-0.39, 0.29) is 0 Å². The van der Waals surface area contributed by atoms with Crippen molar-refractivity contribution in [3.63, 3.8) is 0 Å². The van der Waals surface area contributed by atoms with E-state index in [0.29, 0.717) is 5.88 Å². The molecule has 1 nitrogen and oxygen atoms in total. The average Bonchev–Trinajstić information content (AvgIpc) is 2.46. The largest absolute Gasteiger partial charge is 0.340 e. The van der Waals surface area contributed by atoms with Gasteiger partial charge in [0.1, 0.15) is 0 Å². The minimum absolute atomic E-state index is 0.550. The Balaban J connectivity index is 2.04. The summed E-state index contributed by atoms with van der Waals surface area (Å²) in [5.41, 5.74) is 6.49. The van der Waals surface area contributed by atoms with Crippen molar-refractivity contribution in [2.75, 3.05) is 11.4 Å². The monoisotopic (exact) mass is 349 g/mol. The summed E-state index contributed by atoms with van der Waals surface area (Å²) in [6.45, 7) is 3.22. The van der Waals surface area contributed by atoms with Crippen LogP contribution in [0.25, 0.3) is 0 Å². The number of fused-ring (bicyclic) bond motifs is 1. The highest BCUT2D eigenvalue weighted by Crippen LogP contribution is 2.38. The maximum Gasteiger partial charge on any atom is 0.0555 e. The van der Waals surface area contributed by atoms with E-state index < -0.39 is 0 Å². The summed E-state index contributed by atoms with van der Waals surface area (Å²) in [6.07, 6.45) is 2.37. The lowest BCUT2D eigenvalue weighted by Crippen LogP contribution is -2.24. The van der Waals surface area contributed by atoms with Gasteiger partial charge in [-0.25, -0.2) is 0 Å². The number of rotatable bonds is 2. The molecule has 0 atom stereocenters. The summed E-state index contributed by atoms with van der Waals surface area (Å²) in [5, 5.41) is 0. The van der Waals surface area contributed by atoms with Crippen LogP contribution >= 0.6 is 27.5 Å². The third-order valence-electron chi connectivity index (χ3n) is 3.81. The summed E-state index contributed by atoms with van der Waals surface area (Å²) in [7, 11) is 0. The molecule has 0 aromatic heterocycles. The fourth-order valence-corrected chi connectivity index (χ4v) is 3.64. The molecule has 2 aromatic carbocycles. The third-order valence-corrected chi connectivity index (χ3v) is 4.75. The van der Waals surface area contributed by atoms with Crippen LogP contribution in [-0.4, -0.2) is 6.54 Å². The van der Waals surface area contributed by atoms with E-state index in [0.717, 1.165) is 16.6 Å². The lowest BCUT2D eigenvalue weighted by molar-refractivity contribution is 0.765. The van der Waals surface area contributed by atoms with Crippen LogP contribution in [-0.2, 0) is 12.3 Å². The van der Waals surface area contributed by atoms with Crippen molar-refractivity contribution in [2.24, 2.45) is 0 Å². The van der Waals surface area contributed by atoms with Gasteiger partial charge in [-0.15, -0.1) is 11.6 Å². The molecule has 0 unspecified atom stereocenters. The van der Waals surface area contributed by atoms with Crippen molar-refractivity contribution in [2.45, 2.75) is 25.6 Å². The van der Waals surface area contributed by atoms with Crippen LogP contribution in [0.1, 0.15) is 23.1 Å². The normalized spacial score (nSPS) is 14.2. The highest BCUT2D eigenvalue weighted by atomic mass is 79.9. The minimum atomic E-state index is 0.550. The molecule has 0 N–H and O–H groups in total. The Kier molecular flexibility index (Phi) is 4.04. The van der Waals surface area contributed by atoms with Gasteiger partial charge in [0.2, 0.25) is 0 Å². The van der Waals surface area contributed by atoms with Gasteiger partial charge in [-0.1, -0.05) is 23.8 Å². The van der Waals surface area contributed by atoms with Crippen LogP contribution in [0.5, 0.6) is 0 Å². The van der Waals surface area contributed by atoms with E-state index in [1.54, 1.807) is 0 Å². The Morgan fingerprint density at radius 3 is 2.70 bits per heavy atom. The van der Waals surface area contributed by atoms with Crippen molar-refractivity contribution in [3.8, 4) is 0 Å². The van der Waals surface area contributed by atoms with Gasteiger partial charge in [0.25, 0.3) is 0 Å². The topological polar surface area (TPSA) is 3.24 Å². The smallest absolute Gasteiger partial charge is 0.0555 e. The zero-order valence-electron chi connectivity index (χ0n) is 11.5. The maximum absolute atomic E-state index is 5.90. The molecule has 104 valence electrons. The van der Waals surface area contributed by atoms with Gasteiger partial charge in [-0.05, 0) is 65.0 Å². The third kappa shape index (κ3) is 2.59. The number of aryl methyl sites for hydroxylation is 2. The van der Waals surface area contributed by atoms with Gasteiger partial charge < -0.3 is 4.90 Å². The van der Waals surface area contributed by atoms with Gasteiger partial charge in [0.05, 0.1) is 5.69 Å². The molecule has 20 heavy (non-hydrogen) atoms. The van der Waals surface area contributed by atoms with E-state index in [1.165, 1.54) is 35.3 Å². The molecular weight excluding hydrogens is 334 g/mol. The molecule has 3 rings (SSSR count). The standard InChI is InChI=1S/C17H17BrClN/c1-12-4-6-16-14(9-12)3-2-8-20(16)17-7-5-13(11-19)10-15(17)18/h4-7,9-10H,2-3,8,11H2,1H3. The fraction of sp³-hybridized carbons (Fsp3) is 0.294. The molecule has 0 fully saturated rings. The predicted molar refractivity (Wildman–Crippen MR) is 90.2 cm³/mol. The Bertz CT molecular complexity index is 639. The summed E-state index contributed by atoms with van der Waals surface area (Å²) in [4.78, 5) is 2.40. The Labute approximate surface area is 133 Å². The van der Waals surface area contributed by atoms with Crippen LogP contribution in [0.2, 0.25) is 0 Å². The number of halogens is 2. The molecule has 0 radical (unpaired) electrons. The van der Waals surface area contributed by atoms with E-state index in [2.05, 4.69) is 64.2 Å². The molecule has 0 amide bonds. The first-order valence-corrected chi connectivity index (χ1v) is 8.23. The first kappa shape index (κ1) is 14.0. The lowest BCUT2D eigenvalue weighted by atomic mass is 9.99.